The lowest BCUT2D eigenvalue weighted by Crippen LogP contribution is -2.27. The van der Waals surface area contributed by atoms with E-state index in [1.54, 1.807) is 9.58 Å². The zero-order chi connectivity index (χ0) is 21.5. The summed E-state index contributed by atoms with van der Waals surface area (Å²) in [5, 5.41) is 10.9. The van der Waals surface area contributed by atoms with E-state index in [2.05, 4.69) is 25.4 Å². The molecular formula is C20H21F2N7S. The average Bonchev–Trinajstić information content (AvgIpc) is 3.25. The normalized spacial score (nSPS) is 16.1. The molecule has 0 N–H and O–H groups in total. The van der Waals surface area contributed by atoms with Crippen LogP contribution in [-0.2, 0) is 12.0 Å². The molecule has 7 nitrogen and oxygen atoms in total. The largest absolute Gasteiger partial charge is 0.348 e. The zero-order valence-corrected chi connectivity index (χ0v) is 17.7. The molecule has 0 spiro atoms. The Bertz CT molecular complexity index is 1150. The highest BCUT2D eigenvalue weighted by Crippen LogP contribution is 2.34. The maximum atomic E-state index is 13.9. The van der Waals surface area contributed by atoms with Crippen molar-refractivity contribution < 1.29 is 8.78 Å². The molecule has 1 aliphatic heterocycles. The first-order valence-corrected chi connectivity index (χ1v) is 9.99. The van der Waals surface area contributed by atoms with Crippen LogP contribution in [0.1, 0.15) is 38.6 Å². The van der Waals surface area contributed by atoms with Gasteiger partial charge in [0.25, 0.3) is 5.92 Å². The van der Waals surface area contributed by atoms with Crippen molar-refractivity contribution in [2.45, 2.75) is 45.1 Å². The summed E-state index contributed by atoms with van der Waals surface area (Å²) < 4.78 is 29.4. The van der Waals surface area contributed by atoms with Crippen LogP contribution in [0.4, 0.5) is 20.3 Å². The van der Waals surface area contributed by atoms with Gasteiger partial charge in [-0.1, -0.05) is 44.2 Å². The third-order valence-corrected chi connectivity index (χ3v) is 5.05. The number of hydrogen-bond acceptors (Lipinski definition) is 7. The molecule has 0 radical (unpaired) electrons. The van der Waals surface area contributed by atoms with Gasteiger partial charge in [-0.25, -0.2) is 23.4 Å². The SMILES string of the molecule is CC(C)(C)c1nc(N2CCC(F)(F)C2)c2nnn(Cc3ccccc3N=C=S)c2n1. The molecule has 30 heavy (non-hydrogen) atoms. The standard InChI is InChI=1S/C20H21F2N7S/c1-19(2,3)18-24-16(28-9-8-20(21,22)11-28)15-17(25-18)29(27-26-15)10-13-6-4-5-7-14(13)23-12-30/h4-7H,8-11H2,1-3H3. The smallest absolute Gasteiger partial charge is 0.266 e. The Morgan fingerprint density at radius 1 is 1.23 bits per heavy atom. The molecule has 0 amide bonds. The van der Waals surface area contributed by atoms with Crippen LogP contribution in [0.5, 0.6) is 0 Å². The second kappa shape index (κ2) is 7.45. The Morgan fingerprint density at radius 2 is 2.00 bits per heavy atom. The van der Waals surface area contributed by atoms with Crippen LogP contribution in [0.25, 0.3) is 11.2 Å². The maximum Gasteiger partial charge on any atom is 0.266 e. The third-order valence-electron chi connectivity index (χ3n) is 4.96. The molecule has 0 unspecified atom stereocenters. The summed E-state index contributed by atoms with van der Waals surface area (Å²) in [6, 6.07) is 7.50. The molecule has 4 rings (SSSR count). The fraction of sp³-hybridized carbons (Fsp3) is 0.450. The van der Waals surface area contributed by atoms with Crippen LogP contribution in [0, 0.1) is 0 Å². The van der Waals surface area contributed by atoms with E-state index in [0.717, 1.165) is 5.56 Å². The van der Waals surface area contributed by atoms with Gasteiger partial charge in [-0.2, -0.15) is 4.99 Å². The number of thiocarbonyl (C=S) groups is 1. The number of halogens is 2. The van der Waals surface area contributed by atoms with Crippen molar-refractivity contribution in [3.63, 3.8) is 0 Å². The lowest BCUT2D eigenvalue weighted by atomic mass is 9.96. The molecule has 1 saturated heterocycles. The minimum absolute atomic E-state index is 0.208. The van der Waals surface area contributed by atoms with Gasteiger partial charge < -0.3 is 4.90 Å². The van der Waals surface area contributed by atoms with Crippen molar-refractivity contribution in [3.05, 3.63) is 35.7 Å². The van der Waals surface area contributed by atoms with E-state index in [1.165, 1.54) is 0 Å². The summed E-state index contributed by atoms with van der Waals surface area (Å²) in [6.07, 6.45) is -0.208. The minimum atomic E-state index is -2.74. The first-order valence-electron chi connectivity index (χ1n) is 9.58. The number of rotatable bonds is 4. The summed E-state index contributed by atoms with van der Waals surface area (Å²) in [6.45, 7) is 6.11. The van der Waals surface area contributed by atoms with Gasteiger partial charge in [-0.3, -0.25) is 0 Å². The van der Waals surface area contributed by atoms with Crippen molar-refractivity contribution >= 4 is 40.0 Å². The number of nitrogens with zero attached hydrogens (tertiary/aromatic N) is 7. The Hall–Kier alpha value is -2.84. The van der Waals surface area contributed by atoms with E-state index < -0.39 is 5.92 Å². The summed E-state index contributed by atoms with van der Waals surface area (Å²) in [4.78, 5) is 15.0. The number of anilines is 1. The molecule has 1 fully saturated rings. The molecular weight excluding hydrogens is 408 g/mol. The topological polar surface area (TPSA) is 72.1 Å². The molecule has 0 saturated carbocycles. The fourth-order valence-electron chi connectivity index (χ4n) is 3.39. The van der Waals surface area contributed by atoms with E-state index in [1.807, 2.05) is 45.0 Å². The summed E-state index contributed by atoms with van der Waals surface area (Å²) in [7, 11) is 0. The number of hydrogen-bond donors (Lipinski definition) is 0. The van der Waals surface area contributed by atoms with Gasteiger partial charge >= 0.3 is 0 Å². The Labute approximate surface area is 177 Å². The van der Waals surface area contributed by atoms with E-state index in [-0.39, 0.29) is 24.9 Å². The van der Waals surface area contributed by atoms with Crippen LogP contribution >= 0.6 is 12.2 Å². The molecule has 2 aromatic heterocycles. The first-order chi connectivity index (χ1) is 14.2. The molecule has 10 heteroatoms. The number of isothiocyanates is 1. The van der Waals surface area contributed by atoms with Gasteiger partial charge in [0, 0.05) is 23.9 Å². The highest BCUT2D eigenvalue weighted by atomic mass is 32.1. The number of para-hydroxylation sites is 1. The van der Waals surface area contributed by atoms with Gasteiger partial charge in [0.05, 0.1) is 23.9 Å². The Morgan fingerprint density at radius 3 is 2.67 bits per heavy atom. The molecule has 1 aromatic carbocycles. The highest BCUT2D eigenvalue weighted by molar-refractivity contribution is 7.78. The Kier molecular flexibility index (Phi) is 5.07. The predicted molar refractivity (Wildman–Crippen MR) is 114 cm³/mol. The lowest BCUT2D eigenvalue weighted by Gasteiger charge is -2.22. The van der Waals surface area contributed by atoms with Crippen molar-refractivity contribution in [2.75, 3.05) is 18.0 Å². The van der Waals surface area contributed by atoms with Crippen molar-refractivity contribution in [1.29, 1.82) is 0 Å². The number of benzene rings is 1. The van der Waals surface area contributed by atoms with Crippen LogP contribution in [0.2, 0.25) is 0 Å². The highest BCUT2D eigenvalue weighted by Gasteiger charge is 2.40. The average molecular weight is 430 g/mol. The molecule has 3 heterocycles. The monoisotopic (exact) mass is 429 g/mol. The molecule has 3 aromatic rings. The molecule has 1 aliphatic rings. The van der Waals surface area contributed by atoms with E-state index in [0.29, 0.717) is 35.0 Å². The third kappa shape index (κ3) is 3.93. The van der Waals surface area contributed by atoms with E-state index in [9.17, 15) is 8.78 Å². The number of fused-ring (bicyclic) bond motifs is 1. The lowest BCUT2D eigenvalue weighted by molar-refractivity contribution is 0.0257. The Balaban J connectivity index is 1.84. The second-order valence-electron chi connectivity index (χ2n) is 8.40. The summed E-state index contributed by atoms with van der Waals surface area (Å²) in [5.74, 6) is -1.79. The van der Waals surface area contributed by atoms with E-state index in [4.69, 9.17) is 17.2 Å². The molecule has 0 aliphatic carbocycles. The zero-order valence-electron chi connectivity index (χ0n) is 16.9. The second-order valence-corrected chi connectivity index (χ2v) is 8.58. The van der Waals surface area contributed by atoms with E-state index >= 15 is 0 Å². The number of aliphatic imine (C=N–C) groups is 1. The van der Waals surface area contributed by atoms with Gasteiger partial charge in [-0.15, -0.1) is 5.10 Å². The van der Waals surface area contributed by atoms with Crippen molar-refractivity contribution in [1.82, 2.24) is 25.0 Å². The van der Waals surface area contributed by atoms with Crippen molar-refractivity contribution in [3.8, 4) is 0 Å². The fourth-order valence-corrected chi connectivity index (χ4v) is 3.48. The van der Waals surface area contributed by atoms with Gasteiger partial charge in [0.1, 0.15) is 5.82 Å². The minimum Gasteiger partial charge on any atom is -0.348 e. The maximum absolute atomic E-state index is 13.9. The quantitative estimate of drug-likeness (QED) is 0.458. The summed E-state index contributed by atoms with van der Waals surface area (Å²) in [5.41, 5.74) is 2.09. The van der Waals surface area contributed by atoms with Crippen LogP contribution in [-0.4, -0.2) is 49.1 Å². The van der Waals surface area contributed by atoms with Gasteiger partial charge in [0.15, 0.2) is 17.0 Å². The predicted octanol–water partition coefficient (Wildman–Crippen LogP) is 4.15. The van der Waals surface area contributed by atoms with Gasteiger partial charge in [-0.05, 0) is 18.3 Å². The van der Waals surface area contributed by atoms with Crippen molar-refractivity contribution in [2.24, 2.45) is 4.99 Å². The number of aromatic nitrogens is 5. The molecule has 0 bridgehead atoms. The molecule has 0 atom stereocenters. The van der Waals surface area contributed by atoms with Gasteiger partial charge in [0.2, 0.25) is 0 Å². The summed E-state index contributed by atoms with van der Waals surface area (Å²) >= 11 is 4.73. The van der Waals surface area contributed by atoms with Crippen LogP contribution in [0.3, 0.4) is 0 Å². The van der Waals surface area contributed by atoms with Crippen LogP contribution in [0.15, 0.2) is 29.3 Å². The first kappa shape index (κ1) is 20.4. The number of alkyl halides is 2. The van der Waals surface area contributed by atoms with Crippen LogP contribution < -0.4 is 4.90 Å². The molecule has 156 valence electrons.